The summed E-state index contributed by atoms with van der Waals surface area (Å²) in [5.74, 6) is -0.425. The minimum atomic E-state index is -0.291. The Morgan fingerprint density at radius 1 is 1.33 bits per heavy atom. The third-order valence-electron chi connectivity index (χ3n) is 4.21. The molecule has 0 fully saturated rings. The number of aromatic nitrogens is 2. The van der Waals surface area contributed by atoms with Crippen LogP contribution in [0.4, 0.5) is 4.39 Å². The summed E-state index contributed by atoms with van der Waals surface area (Å²) in [4.78, 5) is 19.6. The number of nitrogens with one attached hydrogen (secondary N) is 2. The third kappa shape index (κ3) is 3.30. The number of carbonyl (C=O) groups is 1. The molecule has 0 aliphatic rings. The van der Waals surface area contributed by atoms with Gasteiger partial charge in [0.15, 0.2) is 0 Å². The first kappa shape index (κ1) is 16.2. The maximum absolute atomic E-state index is 13.9. The molecule has 5 heteroatoms. The molecule has 4 nitrogen and oxygen atoms in total. The van der Waals surface area contributed by atoms with Crippen molar-refractivity contribution in [2.75, 3.05) is 0 Å². The Kier molecular flexibility index (Phi) is 4.60. The lowest BCUT2D eigenvalue weighted by atomic mass is 10.1. The molecule has 1 amide bonds. The number of amides is 1. The first-order valence-corrected chi connectivity index (χ1v) is 8.04. The van der Waals surface area contributed by atoms with Gasteiger partial charge in [0.1, 0.15) is 5.82 Å². The number of carbonyl (C=O) groups excluding carboxylic acids is 1. The smallest absolute Gasteiger partial charge is 0.226 e. The summed E-state index contributed by atoms with van der Waals surface area (Å²) in [6.07, 6.45) is 2.73. The van der Waals surface area contributed by atoms with Gasteiger partial charge >= 0.3 is 0 Å². The van der Waals surface area contributed by atoms with Crippen LogP contribution in [0.15, 0.2) is 36.5 Å². The second-order valence-electron chi connectivity index (χ2n) is 5.84. The fourth-order valence-electron chi connectivity index (χ4n) is 2.93. The molecule has 0 aliphatic heterocycles. The quantitative estimate of drug-likeness (QED) is 0.755. The van der Waals surface area contributed by atoms with Gasteiger partial charge in [-0.2, -0.15) is 0 Å². The molecular weight excluding hydrogens is 305 g/mol. The Labute approximate surface area is 140 Å². The minimum Gasteiger partial charge on any atom is -0.358 e. The molecule has 0 aliphatic carbocycles. The van der Waals surface area contributed by atoms with E-state index in [2.05, 4.69) is 22.2 Å². The molecule has 0 radical (unpaired) electrons. The highest BCUT2D eigenvalue weighted by Gasteiger charge is 2.13. The molecular formula is C19H20FN3O. The van der Waals surface area contributed by atoms with E-state index in [0.717, 1.165) is 34.1 Å². The molecule has 3 aromatic rings. The van der Waals surface area contributed by atoms with Crippen molar-refractivity contribution in [2.24, 2.45) is 0 Å². The highest BCUT2D eigenvalue weighted by Crippen LogP contribution is 2.26. The summed E-state index contributed by atoms with van der Waals surface area (Å²) >= 11 is 0. The zero-order valence-corrected chi connectivity index (χ0v) is 13.8. The van der Waals surface area contributed by atoms with Crippen molar-refractivity contribution in [3.63, 3.8) is 0 Å². The van der Waals surface area contributed by atoms with Crippen LogP contribution in [0, 0.1) is 12.7 Å². The Hall–Kier alpha value is -2.69. The number of nitrogens with zero attached hydrogens (tertiary/aromatic N) is 1. The Morgan fingerprint density at radius 3 is 2.88 bits per heavy atom. The summed E-state index contributed by atoms with van der Waals surface area (Å²) in [6, 6.07) is 8.48. The molecule has 0 bridgehead atoms. The van der Waals surface area contributed by atoms with Crippen molar-refractivity contribution >= 4 is 16.8 Å². The van der Waals surface area contributed by atoms with Crippen LogP contribution in [0.1, 0.15) is 29.4 Å². The Balaban J connectivity index is 1.78. The van der Waals surface area contributed by atoms with Gasteiger partial charge in [-0.05, 0) is 48.7 Å². The van der Waals surface area contributed by atoms with E-state index in [1.54, 1.807) is 12.3 Å². The van der Waals surface area contributed by atoms with Crippen LogP contribution in [-0.4, -0.2) is 15.9 Å². The number of benzene rings is 1. The van der Waals surface area contributed by atoms with E-state index in [1.807, 2.05) is 25.1 Å². The molecule has 124 valence electrons. The van der Waals surface area contributed by atoms with Gasteiger partial charge in [-0.15, -0.1) is 0 Å². The molecule has 0 saturated carbocycles. The van der Waals surface area contributed by atoms with Crippen LogP contribution < -0.4 is 5.32 Å². The first-order chi connectivity index (χ1) is 11.6. The van der Waals surface area contributed by atoms with Crippen molar-refractivity contribution < 1.29 is 9.18 Å². The lowest BCUT2D eigenvalue weighted by Gasteiger charge is -2.07. The second kappa shape index (κ2) is 6.83. The Morgan fingerprint density at radius 2 is 2.17 bits per heavy atom. The van der Waals surface area contributed by atoms with Crippen LogP contribution in [0.25, 0.3) is 10.9 Å². The first-order valence-electron chi connectivity index (χ1n) is 8.04. The van der Waals surface area contributed by atoms with Gasteiger partial charge in [-0.3, -0.25) is 9.78 Å². The molecule has 0 unspecified atom stereocenters. The molecule has 0 saturated heterocycles. The number of aryl methyl sites for hydroxylation is 2. The molecule has 24 heavy (non-hydrogen) atoms. The van der Waals surface area contributed by atoms with E-state index in [-0.39, 0.29) is 24.7 Å². The van der Waals surface area contributed by atoms with Crippen molar-refractivity contribution in [1.82, 2.24) is 15.3 Å². The van der Waals surface area contributed by atoms with Gasteiger partial charge < -0.3 is 10.3 Å². The van der Waals surface area contributed by atoms with Crippen LogP contribution in [0.3, 0.4) is 0 Å². The van der Waals surface area contributed by atoms with E-state index < -0.39 is 0 Å². The fraction of sp³-hybridized carbons (Fsp3) is 0.263. The van der Waals surface area contributed by atoms with E-state index >= 15 is 0 Å². The van der Waals surface area contributed by atoms with Crippen molar-refractivity contribution in [2.45, 2.75) is 33.2 Å². The van der Waals surface area contributed by atoms with Gasteiger partial charge in [0, 0.05) is 29.5 Å². The lowest BCUT2D eigenvalue weighted by molar-refractivity contribution is -0.120. The average molecular weight is 325 g/mol. The van der Waals surface area contributed by atoms with Crippen molar-refractivity contribution in [1.29, 1.82) is 0 Å². The number of hydrogen-bond donors (Lipinski definition) is 2. The van der Waals surface area contributed by atoms with Crippen LogP contribution in [0.2, 0.25) is 0 Å². The molecule has 2 N–H and O–H groups in total. The van der Waals surface area contributed by atoms with Gasteiger partial charge in [0.2, 0.25) is 5.91 Å². The molecule has 2 heterocycles. The van der Waals surface area contributed by atoms with Crippen LogP contribution >= 0.6 is 0 Å². The standard InChI is InChI=1S/C19H20FN3O/c1-3-17-12(2)16-9-14(20)8-13(19(16)23-17)11-22-18(24)10-15-6-4-5-7-21-15/h4-9,23H,3,10-11H2,1-2H3,(H,22,24). The molecule has 2 aromatic heterocycles. The number of pyridine rings is 1. The summed E-state index contributed by atoms with van der Waals surface area (Å²) in [7, 11) is 0. The maximum Gasteiger partial charge on any atom is 0.226 e. The SMILES string of the molecule is CCc1[nH]c2c(CNC(=O)Cc3ccccn3)cc(F)cc2c1C. The van der Waals surface area contributed by atoms with Gasteiger partial charge in [0.05, 0.1) is 11.9 Å². The molecule has 1 aromatic carbocycles. The minimum absolute atomic E-state index is 0.134. The summed E-state index contributed by atoms with van der Waals surface area (Å²) < 4.78 is 13.9. The summed E-state index contributed by atoms with van der Waals surface area (Å²) in [5, 5.41) is 3.72. The third-order valence-corrected chi connectivity index (χ3v) is 4.21. The topological polar surface area (TPSA) is 57.8 Å². The molecule has 3 rings (SSSR count). The van der Waals surface area contributed by atoms with E-state index in [0.29, 0.717) is 5.69 Å². The lowest BCUT2D eigenvalue weighted by Crippen LogP contribution is -2.25. The number of fused-ring (bicyclic) bond motifs is 1. The number of aromatic amines is 1. The molecule has 0 atom stereocenters. The average Bonchev–Trinajstić information content (AvgIpc) is 2.90. The largest absolute Gasteiger partial charge is 0.358 e. The normalized spacial score (nSPS) is 11.0. The van der Waals surface area contributed by atoms with E-state index in [9.17, 15) is 9.18 Å². The highest BCUT2D eigenvalue weighted by atomic mass is 19.1. The van der Waals surface area contributed by atoms with Gasteiger partial charge in [0.25, 0.3) is 0 Å². The number of hydrogen-bond acceptors (Lipinski definition) is 2. The highest BCUT2D eigenvalue weighted by molar-refractivity contribution is 5.88. The van der Waals surface area contributed by atoms with Gasteiger partial charge in [-0.25, -0.2) is 4.39 Å². The van der Waals surface area contributed by atoms with Crippen LogP contribution in [0.5, 0.6) is 0 Å². The van der Waals surface area contributed by atoms with Crippen LogP contribution in [-0.2, 0) is 24.2 Å². The number of halogens is 1. The second-order valence-corrected chi connectivity index (χ2v) is 5.84. The van der Waals surface area contributed by atoms with Crippen molar-refractivity contribution in [3.05, 3.63) is 64.9 Å². The van der Waals surface area contributed by atoms with E-state index in [1.165, 1.54) is 6.07 Å². The predicted molar refractivity (Wildman–Crippen MR) is 92.2 cm³/mol. The fourth-order valence-corrected chi connectivity index (χ4v) is 2.93. The number of rotatable bonds is 5. The van der Waals surface area contributed by atoms with E-state index in [4.69, 9.17) is 0 Å². The summed E-state index contributed by atoms with van der Waals surface area (Å²) in [5.41, 5.74) is 4.51. The molecule has 0 spiro atoms. The zero-order valence-electron chi connectivity index (χ0n) is 13.8. The zero-order chi connectivity index (χ0) is 17.1. The monoisotopic (exact) mass is 325 g/mol. The Bertz CT molecular complexity index is 871. The predicted octanol–water partition coefficient (Wildman–Crippen LogP) is 3.43. The summed E-state index contributed by atoms with van der Waals surface area (Å²) in [6.45, 7) is 4.33. The number of H-pyrrole nitrogens is 1. The maximum atomic E-state index is 13.9. The van der Waals surface area contributed by atoms with Crippen molar-refractivity contribution in [3.8, 4) is 0 Å². The van der Waals surface area contributed by atoms with Gasteiger partial charge in [-0.1, -0.05) is 13.0 Å².